The first-order valence-electron chi connectivity index (χ1n) is 4.23. The summed E-state index contributed by atoms with van der Waals surface area (Å²) in [4.78, 5) is 0. The molecular weight excluding hydrogens is 158 g/mol. The molecule has 0 fully saturated rings. The minimum Gasteiger partial charge on any atom is -0.399 e. The third kappa shape index (κ3) is 2.22. The second-order valence-corrected chi connectivity index (χ2v) is 3.39. The van der Waals surface area contributed by atoms with Crippen molar-refractivity contribution in [2.75, 3.05) is 0 Å². The Labute approximate surface area is 79.6 Å². The average molecular weight is 173 g/mol. The largest absolute Gasteiger partial charge is 0.399 e. The highest BCUT2D eigenvalue weighted by molar-refractivity contribution is 5.69. The van der Waals surface area contributed by atoms with Gasteiger partial charge in [0.2, 0.25) is 0 Å². The molecule has 0 radical (unpaired) electrons. The summed E-state index contributed by atoms with van der Waals surface area (Å²) in [5.41, 5.74) is 10.6. The van der Waals surface area contributed by atoms with Crippen molar-refractivity contribution in [3.63, 3.8) is 0 Å². The number of benzene rings is 1. The van der Waals surface area contributed by atoms with Crippen LogP contribution >= 0.6 is 0 Å². The van der Waals surface area contributed by atoms with Crippen molar-refractivity contribution in [2.45, 2.75) is 13.8 Å². The third-order valence-corrected chi connectivity index (χ3v) is 1.94. The van der Waals surface area contributed by atoms with Crippen molar-refractivity contribution < 1.29 is 0 Å². The van der Waals surface area contributed by atoms with Crippen molar-refractivity contribution in [3.05, 3.63) is 48.0 Å². The van der Waals surface area contributed by atoms with Gasteiger partial charge in [0, 0.05) is 5.70 Å². The summed E-state index contributed by atoms with van der Waals surface area (Å²) >= 11 is 0. The maximum Gasteiger partial charge on any atom is 0.0314 e. The summed E-state index contributed by atoms with van der Waals surface area (Å²) in [5, 5.41) is 0. The van der Waals surface area contributed by atoms with Crippen LogP contribution in [0.4, 0.5) is 0 Å². The van der Waals surface area contributed by atoms with E-state index in [4.69, 9.17) is 5.73 Å². The van der Waals surface area contributed by atoms with Gasteiger partial charge in [0.15, 0.2) is 0 Å². The summed E-state index contributed by atoms with van der Waals surface area (Å²) < 4.78 is 0. The van der Waals surface area contributed by atoms with E-state index < -0.39 is 0 Å². The quantitative estimate of drug-likeness (QED) is 0.731. The Morgan fingerprint density at radius 1 is 1.15 bits per heavy atom. The number of aryl methyl sites for hydroxylation is 1. The average Bonchev–Trinajstić information content (AvgIpc) is 2.03. The second kappa shape index (κ2) is 3.48. The molecule has 0 atom stereocenters. The molecule has 2 N–H and O–H groups in total. The fraction of sp³-hybridized carbons (Fsp3) is 0.167. The highest BCUT2D eigenvalue weighted by atomic mass is 14.6. The molecule has 0 saturated heterocycles. The smallest absolute Gasteiger partial charge is 0.0314 e. The first-order chi connectivity index (χ1) is 6.00. The minimum atomic E-state index is 0.603. The van der Waals surface area contributed by atoms with Gasteiger partial charge in [0.1, 0.15) is 0 Å². The van der Waals surface area contributed by atoms with Gasteiger partial charge in [-0.1, -0.05) is 24.8 Å². The Morgan fingerprint density at radius 3 is 2.15 bits per heavy atom. The summed E-state index contributed by atoms with van der Waals surface area (Å²) in [7, 11) is 0. The molecule has 0 aliphatic heterocycles. The van der Waals surface area contributed by atoms with Gasteiger partial charge in [-0.15, -0.1) is 0 Å². The topological polar surface area (TPSA) is 26.0 Å². The molecule has 68 valence electrons. The van der Waals surface area contributed by atoms with Gasteiger partial charge >= 0.3 is 0 Å². The van der Waals surface area contributed by atoms with Crippen LogP contribution in [-0.2, 0) is 0 Å². The van der Waals surface area contributed by atoms with Gasteiger partial charge in [-0.05, 0) is 42.7 Å². The van der Waals surface area contributed by atoms with Gasteiger partial charge in [-0.25, -0.2) is 0 Å². The van der Waals surface area contributed by atoms with Crippen molar-refractivity contribution in [1.29, 1.82) is 0 Å². The molecule has 1 nitrogen and oxygen atoms in total. The van der Waals surface area contributed by atoms with Gasteiger partial charge in [0.05, 0.1) is 0 Å². The zero-order chi connectivity index (χ0) is 10.0. The number of allylic oxidation sites excluding steroid dienone is 1. The van der Waals surface area contributed by atoms with Crippen LogP contribution in [0.15, 0.2) is 31.4 Å². The molecule has 1 aromatic carbocycles. The van der Waals surface area contributed by atoms with E-state index in [1.165, 1.54) is 5.56 Å². The van der Waals surface area contributed by atoms with Crippen molar-refractivity contribution in [2.24, 2.45) is 5.73 Å². The van der Waals surface area contributed by atoms with Crippen LogP contribution in [0.1, 0.15) is 23.6 Å². The summed E-state index contributed by atoms with van der Waals surface area (Å²) in [6.45, 7) is 11.6. The Morgan fingerprint density at radius 2 is 1.69 bits per heavy atom. The lowest BCUT2D eigenvalue weighted by atomic mass is 10.0. The standard InChI is InChI=1S/C12H15N/c1-8(2)11-5-9(3)6-12(7-11)10(4)13/h5-7H,1,4,13H2,2-3H3. The number of nitrogens with two attached hydrogens (primary N) is 1. The molecule has 0 unspecified atom stereocenters. The molecule has 0 aliphatic carbocycles. The van der Waals surface area contributed by atoms with E-state index >= 15 is 0 Å². The molecule has 0 amide bonds. The molecule has 0 heterocycles. The van der Waals surface area contributed by atoms with Gasteiger partial charge < -0.3 is 5.73 Å². The van der Waals surface area contributed by atoms with Crippen LogP contribution in [0.25, 0.3) is 11.3 Å². The maximum absolute atomic E-state index is 5.63. The fourth-order valence-corrected chi connectivity index (χ4v) is 1.21. The summed E-state index contributed by atoms with van der Waals surface area (Å²) in [5.74, 6) is 0. The minimum absolute atomic E-state index is 0.603. The molecule has 0 aliphatic rings. The molecular formula is C12H15N. The summed E-state index contributed by atoms with van der Waals surface area (Å²) in [6.07, 6.45) is 0. The van der Waals surface area contributed by atoms with Crippen molar-refractivity contribution in [3.8, 4) is 0 Å². The van der Waals surface area contributed by atoms with Crippen LogP contribution in [0, 0.1) is 6.92 Å². The molecule has 0 bridgehead atoms. The van der Waals surface area contributed by atoms with Crippen LogP contribution in [0.2, 0.25) is 0 Å². The molecule has 1 heteroatoms. The summed E-state index contributed by atoms with van der Waals surface area (Å²) in [6, 6.07) is 6.13. The lowest BCUT2D eigenvalue weighted by Gasteiger charge is -2.06. The molecule has 1 rings (SSSR count). The van der Waals surface area contributed by atoms with Crippen molar-refractivity contribution >= 4 is 11.3 Å². The lowest BCUT2D eigenvalue weighted by Crippen LogP contribution is -1.95. The van der Waals surface area contributed by atoms with Crippen LogP contribution in [0.5, 0.6) is 0 Å². The molecule has 0 saturated carbocycles. The monoisotopic (exact) mass is 173 g/mol. The van der Waals surface area contributed by atoms with E-state index in [1.54, 1.807) is 0 Å². The predicted molar refractivity (Wildman–Crippen MR) is 59.1 cm³/mol. The zero-order valence-electron chi connectivity index (χ0n) is 8.22. The van der Waals surface area contributed by atoms with Gasteiger partial charge in [0.25, 0.3) is 0 Å². The molecule has 0 spiro atoms. The fourth-order valence-electron chi connectivity index (χ4n) is 1.21. The molecule has 0 aromatic heterocycles. The number of hydrogen-bond acceptors (Lipinski definition) is 1. The second-order valence-electron chi connectivity index (χ2n) is 3.39. The Kier molecular flexibility index (Phi) is 2.57. The van der Waals surface area contributed by atoms with Crippen LogP contribution < -0.4 is 5.73 Å². The van der Waals surface area contributed by atoms with E-state index in [2.05, 4.69) is 19.2 Å². The lowest BCUT2D eigenvalue weighted by molar-refractivity contribution is 1.40. The van der Waals surface area contributed by atoms with Gasteiger partial charge in [-0.2, -0.15) is 0 Å². The number of rotatable bonds is 2. The highest BCUT2D eigenvalue weighted by Crippen LogP contribution is 2.18. The van der Waals surface area contributed by atoms with Crippen LogP contribution in [0.3, 0.4) is 0 Å². The van der Waals surface area contributed by atoms with E-state index in [1.807, 2.05) is 26.0 Å². The van der Waals surface area contributed by atoms with E-state index in [9.17, 15) is 0 Å². The predicted octanol–water partition coefficient (Wildman–Crippen LogP) is 2.96. The first-order valence-corrected chi connectivity index (χ1v) is 4.23. The van der Waals surface area contributed by atoms with Gasteiger partial charge in [-0.3, -0.25) is 0 Å². The maximum atomic E-state index is 5.63. The zero-order valence-corrected chi connectivity index (χ0v) is 8.22. The van der Waals surface area contributed by atoms with Crippen LogP contribution in [-0.4, -0.2) is 0 Å². The van der Waals surface area contributed by atoms with Crippen molar-refractivity contribution in [1.82, 2.24) is 0 Å². The van der Waals surface area contributed by atoms with E-state index in [0.29, 0.717) is 5.70 Å². The SMILES string of the molecule is C=C(C)c1cc(C)cc(C(=C)N)c1. The molecule has 1 aromatic rings. The Balaban J connectivity index is 3.26. The normalized spacial score (nSPS) is 9.69. The third-order valence-electron chi connectivity index (χ3n) is 1.94. The van der Waals surface area contributed by atoms with E-state index in [0.717, 1.165) is 16.7 Å². The first kappa shape index (κ1) is 9.59. The number of hydrogen-bond donors (Lipinski definition) is 1. The Hall–Kier alpha value is -1.50. The molecule has 13 heavy (non-hydrogen) atoms. The Bertz CT molecular complexity index is 329. The van der Waals surface area contributed by atoms with E-state index in [-0.39, 0.29) is 0 Å². The highest BCUT2D eigenvalue weighted by Gasteiger charge is 1.99.